The van der Waals surface area contributed by atoms with Gasteiger partial charge in [0, 0.05) is 7.11 Å². The number of imidazole rings is 1. The van der Waals surface area contributed by atoms with Crippen molar-refractivity contribution >= 4 is 30.8 Å². The third kappa shape index (κ3) is 9.32. The third-order valence-corrected chi connectivity index (χ3v) is 12.6. The second-order valence-electron chi connectivity index (χ2n) is 15.7. The first-order valence-electron chi connectivity index (χ1n) is 20.4. The predicted molar refractivity (Wildman–Crippen MR) is 233 cm³/mol. The van der Waals surface area contributed by atoms with Gasteiger partial charge in [0.05, 0.1) is 37.8 Å². The molecule has 2 N–H and O–H groups in total. The normalized spacial score (nSPS) is 21.5. The van der Waals surface area contributed by atoms with Crippen LogP contribution in [0.5, 0.6) is 11.5 Å². The van der Waals surface area contributed by atoms with Gasteiger partial charge in [-0.2, -0.15) is 10.1 Å². The van der Waals surface area contributed by atoms with E-state index in [9.17, 15) is 9.36 Å². The zero-order valence-corrected chi connectivity index (χ0v) is 36.9. The molecule has 0 bridgehead atoms. The lowest BCUT2D eigenvalue weighted by Gasteiger charge is -2.37. The molecule has 1 saturated heterocycles. The maximum atomic E-state index is 17.3. The van der Waals surface area contributed by atoms with Crippen LogP contribution in [0.15, 0.2) is 122 Å². The number of hydrogen-bond acceptors (Lipinski definition) is 12. The van der Waals surface area contributed by atoms with E-state index in [0.717, 1.165) is 16.7 Å². The number of ether oxygens (including phenoxy) is 4. The Hall–Kier alpha value is -5.77. The number of anilines is 1. The summed E-state index contributed by atoms with van der Waals surface area (Å²) in [6.45, 7) is 6.18. The van der Waals surface area contributed by atoms with Gasteiger partial charge >= 0.3 is 13.7 Å². The van der Waals surface area contributed by atoms with Gasteiger partial charge < -0.3 is 28.8 Å². The van der Waals surface area contributed by atoms with Gasteiger partial charge in [-0.25, -0.2) is 23.3 Å². The Kier molecular flexibility index (Phi) is 13.3. The minimum absolute atomic E-state index is 0.000531. The fraction of sp³-hybridized carbons (Fsp3) is 0.348. The smallest absolute Gasteiger partial charge is 0.459 e. The third-order valence-electron chi connectivity index (χ3n) is 11.0. The van der Waals surface area contributed by atoms with Crippen LogP contribution in [0, 0.1) is 5.92 Å². The van der Waals surface area contributed by atoms with Crippen LogP contribution in [0.1, 0.15) is 63.2 Å². The number of aromatic nitrogens is 4. The lowest BCUT2D eigenvalue weighted by Crippen LogP contribution is -2.41. The van der Waals surface area contributed by atoms with Gasteiger partial charge in [-0.15, -0.1) is 0 Å². The van der Waals surface area contributed by atoms with Crippen LogP contribution in [0.3, 0.4) is 0 Å². The van der Waals surface area contributed by atoms with Crippen molar-refractivity contribution in [1.29, 1.82) is 0 Å². The molecular formula is C46H51F2N6O8P. The summed E-state index contributed by atoms with van der Waals surface area (Å²) in [4.78, 5) is 27.1. The number of nitrogens with zero attached hydrogens (tertiary/aromatic N) is 4. The summed E-state index contributed by atoms with van der Waals surface area (Å²) < 4.78 is 83.9. The zero-order valence-electron chi connectivity index (χ0n) is 36.0. The minimum Gasteiger partial charge on any atom is -0.497 e. The summed E-state index contributed by atoms with van der Waals surface area (Å²) in [7, 11) is -1.45. The van der Waals surface area contributed by atoms with Crippen molar-refractivity contribution in [3.8, 4) is 11.5 Å². The van der Waals surface area contributed by atoms with Crippen molar-refractivity contribution in [2.75, 3.05) is 26.1 Å². The van der Waals surface area contributed by atoms with E-state index in [1.165, 1.54) is 50.9 Å². The molecule has 7 rings (SSSR count). The highest BCUT2D eigenvalue weighted by molar-refractivity contribution is 7.52. The lowest BCUT2D eigenvalue weighted by molar-refractivity contribution is -0.188. The number of esters is 1. The molecule has 1 aliphatic heterocycles. The van der Waals surface area contributed by atoms with E-state index in [1.54, 1.807) is 39.2 Å². The molecule has 1 unspecified atom stereocenters. The topological polar surface area (TPSA) is 157 Å². The number of carbonyl (C=O) groups is 1. The van der Waals surface area contributed by atoms with Crippen molar-refractivity contribution in [2.24, 2.45) is 5.92 Å². The average Bonchev–Trinajstić information content (AvgIpc) is 3.78. The van der Waals surface area contributed by atoms with Crippen LogP contribution in [0.2, 0.25) is 0 Å². The highest BCUT2D eigenvalue weighted by atomic mass is 31.2. The summed E-state index contributed by atoms with van der Waals surface area (Å²) in [5, 5.41) is 6.17. The Balaban J connectivity index is 1.27. The second kappa shape index (κ2) is 18.5. The number of halogens is 2. The first-order valence-corrected chi connectivity index (χ1v) is 22.0. The fourth-order valence-corrected chi connectivity index (χ4v) is 9.08. The summed E-state index contributed by atoms with van der Waals surface area (Å²) in [6, 6.07) is 34.0. The van der Waals surface area contributed by atoms with Gasteiger partial charge in [0.1, 0.15) is 35.2 Å². The number of hydrogen-bond donors (Lipinski definition) is 2. The standard InChI is InChI=1S/C46H51F2N6O8P/c1-30(2)60-41(55)31(3)53-63(56,62-37-21-15-10-16-22-37)59-28-45(48)32(4)44(5,47)42(61-45)54-29-49-39-38(27-57-6)50-43(51-40(39)54)52-46(33-17-11-8-12-18-33,34-19-13-9-14-20-34)35-23-25-36(58-7)26-24-35/h8-26,29-32,42H,27-28H2,1-7H3,(H,53,56)(H,50,51,52)/t31-,32-,42+,44+,45+,63?/m0/s1. The molecule has 3 heterocycles. The number of nitrogens with one attached hydrogen (secondary N) is 2. The highest BCUT2D eigenvalue weighted by Gasteiger charge is 2.63. The van der Waals surface area contributed by atoms with Crippen molar-refractivity contribution in [1.82, 2.24) is 24.6 Å². The van der Waals surface area contributed by atoms with E-state index in [2.05, 4.69) is 15.4 Å². The van der Waals surface area contributed by atoms with Crippen LogP contribution in [0.4, 0.5) is 14.7 Å². The molecule has 332 valence electrons. The maximum absolute atomic E-state index is 17.3. The molecule has 17 heteroatoms. The molecule has 0 saturated carbocycles. The van der Waals surface area contributed by atoms with E-state index in [0.29, 0.717) is 11.4 Å². The minimum atomic E-state index is -4.56. The Morgan fingerprint density at radius 1 is 0.873 bits per heavy atom. The molecule has 6 aromatic rings. The number of fused-ring (bicyclic) bond motifs is 1. The monoisotopic (exact) mass is 884 g/mol. The van der Waals surface area contributed by atoms with Gasteiger partial charge in [-0.1, -0.05) is 97.9 Å². The van der Waals surface area contributed by atoms with E-state index >= 15 is 8.78 Å². The molecule has 0 aliphatic carbocycles. The molecule has 0 spiro atoms. The van der Waals surface area contributed by atoms with Gasteiger partial charge in [0.15, 0.2) is 17.5 Å². The Morgan fingerprint density at radius 2 is 1.46 bits per heavy atom. The van der Waals surface area contributed by atoms with E-state index in [1.807, 2.05) is 84.9 Å². The lowest BCUT2D eigenvalue weighted by atomic mass is 9.77. The molecule has 2 aromatic heterocycles. The van der Waals surface area contributed by atoms with E-state index in [4.69, 9.17) is 38.0 Å². The summed E-state index contributed by atoms with van der Waals surface area (Å²) in [5.41, 5.74) is -0.240. The van der Waals surface area contributed by atoms with Gasteiger partial charge in [-0.05, 0) is 68.7 Å². The fourth-order valence-electron chi connectivity index (χ4n) is 7.57. The number of carbonyl (C=O) groups excluding carboxylic acids is 1. The SMILES string of the molecule is COCc1nc(NC(c2ccccc2)(c2ccccc2)c2ccc(OC)cc2)nc2c1ncn2[C@@H]1O[C@](F)(COP(=O)(N[C@@H](C)C(=O)OC(C)C)Oc2ccccc2)[C@@H](C)[C@@]1(C)F. The second-order valence-corrected chi connectivity index (χ2v) is 17.4. The number of methoxy groups -OCH3 is 2. The number of benzene rings is 4. The number of rotatable bonds is 18. The zero-order chi connectivity index (χ0) is 45.0. The maximum Gasteiger partial charge on any atom is 0.459 e. The molecule has 0 amide bonds. The van der Waals surface area contributed by atoms with Crippen molar-refractivity contribution in [3.63, 3.8) is 0 Å². The summed E-state index contributed by atoms with van der Waals surface area (Å²) in [5.74, 6) is -4.26. The van der Waals surface area contributed by atoms with Gasteiger partial charge in [0.2, 0.25) is 11.8 Å². The first-order chi connectivity index (χ1) is 30.1. The molecule has 14 nitrogen and oxygen atoms in total. The Labute approximate surface area is 364 Å². The molecule has 1 fully saturated rings. The van der Waals surface area contributed by atoms with E-state index < -0.39 is 61.7 Å². The van der Waals surface area contributed by atoms with Crippen LogP contribution in [-0.4, -0.2) is 70.0 Å². The predicted octanol–water partition coefficient (Wildman–Crippen LogP) is 9.08. The van der Waals surface area contributed by atoms with Gasteiger partial charge in [-0.3, -0.25) is 13.9 Å². The Morgan fingerprint density at radius 3 is 2.03 bits per heavy atom. The average molecular weight is 885 g/mol. The van der Waals surface area contributed by atoms with E-state index in [-0.39, 0.29) is 29.5 Å². The number of alkyl halides is 2. The van der Waals surface area contributed by atoms with Crippen molar-refractivity contribution in [3.05, 3.63) is 144 Å². The number of para-hydroxylation sites is 1. The molecule has 1 aliphatic rings. The first kappa shape index (κ1) is 45.3. The van der Waals surface area contributed by atoms with Crippen molar-refractivity contribution < 1.29 is 46.1 Å². The van der Waals surface area contributed by atoms with Crippen LogP contribution < -0.4 is 19.7 Å². The summed E-state index contributed by atoms with van der Waals surface area (Å²) in [6.07, 6.45) is -0.827. The Bertz CT molecular complexity index is 2500. The molecule has 63 heavy (non-hydrogen) atoms. The van der Waals surface area contributed by atoms with Crippen LogP contribution >= 0.6 is 7.75 Å². The van der Waals surface area contributed by atoms with Crippen LogP contribution in [0.25, 0.3) is 11.2 Å². The quantitative estimate of drug-likeness (QED) is 0.0479. The highest BCUT2D eigenvalue weighted by Crippen LogP contribution is 2.55. The summed E-state index contributed by atoms with van der Waals surface area (Å²) >= 11 is 0. The van der Waals surface area contributed by atoms with Crippen LogP contribution in [-0.2, 0) is 40.2 Å². The molecule has 4 aromatic carbocycles. The van der Waals surface area contributed by atoms with Gasteiger partial charge in [0.25, 0.3) is 0 Å². The molecule has 6 atom stereocenters. The molecular weight excluding hydrogens is 834 g/mol. The van der Waals surface area contributed by atoms with Crippen molar-refractivity contribution in [2.45, 2.75) is 76.7 Å². The largest absolute Gasteiger partial charge is 0.497 e. The molecule has 0 radical (unpaired) electrons.